The molecule has 0 radical (unpaired) electrons. The average Bonchev–Trinajstić information content (AvgIpc) is 3.19. The molecule has 0 bridgehead atoms. The fourth-order valence-corrected chi connectivity index (χ4v) is 4.05. The van der Waals surface area contributed by atoms with E-state index in [1.165, 1.54) is 17.4 Å². The van der Waals surface area contributed by atoms with Crippen LogP contribution in [-0.2, 0) is 0 Å². The second-order valence-corrected chi connectivity index (χ2v) is 8.03. The Morgan fingerprint density at radius 1 is 1.06 bits per heavy atom. The van der Waals surface area contributed by atoms with E-state index in [0.717, 1.165) is 34.9 Å². The first kappa shape index (κ1) is 20.2. The van der Waals surface area contributed by atoms with Crippen LogP contribution < -0.4 is 16.2 Å². The zero-order valence-corrected chi connectivity index (χ0v) is 17.7. The third kappa shape index (κ3) is 3.59. The molecule has 2 aromatic heterocycles. The predicted molar refractivity (Wildman–Crippen MR) is 124 cm³/mol. The standard InChI is InChI=1S/C26H23FN4O/c1-16(28)24-14-23(20-10-11-25(32)22(27)13-20)30-26-21(15-29-31(24)26)19-9-5-3-7-17-6-2-4-8-18(17)12-19/h2,4,6-16,32H,3,5,28H2,1H3. The molecule has 1 aliphatic carbocycles. The van der Waals surface area contributed by atoms with Crippen LogP contribution in [0.15, 0.2) is 60.8 Å². The Morgan fingerprint density at radius 2 is 1.84 bits per heavy atom. The molecule has 0 fully saturated rings. The van der Waals surface area contributed by atoms with E-state index in [9.17, 15) is 9.50 Å². The van der Waals surface area contributed by atoms with E-state index in [4.69, 9.17) is 10.7 Å². The maximum Gasteiger partial charge on any atom is 0.165 e. The average molecular weight is 426 g/mol. The van der Waals surface area contributed by atoms with Gasteiger partial charge in [-0.25, -0.2) is 13.9 Å². The van der Waals surface area contributed by atoms with Crippen molar-refractivity contribution in [2.24, 2.45) is 5.73 Å². The first-order valence-electron chi connectivity index (χ1n) is 10.6. The third-order valence-corrected chi connectivity index (χ3v) is 5.72. The lowest BCUT2D eigenvalue weighted by molar-refractivity contribution is 0.432. The number of aromatic nitrogens is 3. The van der Waals surface area contributed by atoms with E-state index in [2.05, 4.69) is 35.5 Å². The molecule has 2 aromatic carbocycles. The number of hydrogen-bond acceptors (Lipinski definition) is 4. The predicted octanol–water partition coefficient (Wildman–Crippen LogP) is 3.70. The molecule has 1 atom stereocenters. The number of halogens is 1. The summed E-state index contributed by atoms with van der Waals surface area (Å²) in [4.78, 5) is 4.83. The number of hydrogen-bond donors (Lipinski definition) is 2. The second kappa shape index (κ2) is 8.05. The molecular formula is C26H23FN4O. The van der Waals surface area contributed by atoms with Crippen LogP contribution >= 0.6 is 0 Å². The molecular weight excluding hydrogens is 403 g/mol. The van der Waals surface area contributed by atoms with Crippen molar-refractivity contribution in [1.82, 2.24) is 14.6 Å². The SMILES string of the molecule is CC(N)c1cc(-c2ccc(O)c(F)c2)nc2c(C3=CCCC=c4ccccc4=C3)cnn12. The zero-order chi connectivity index (χ0) is 22.2. The molecule has 0 aliphatic heterocycles. The molecule has 0 saturated heterocycles. The van der Waals surface area contributed by atoms with E-state index in [-0.39, 0.29) is 6.04 Å². The Labute approximate surface area is 184 Å². The lowest BCUT2D eigenvalue weighted by atomic mass is 10.0. The summed E-state index contributed by atoms with van der Waals surface area (Å²) in [7, 11) is 0. The summed E-state index contributed by atoms with van der Waals surface area (Å²) in [6, 6.07) is 14.1. The molecule has 0 amide bonds. The fraction of sp³-hybridized carbons (Fsp3) is 0.154. The van der Waals surface area contributed by atoms with Crippen molar-refractivity contribution in [3.05, 3.63) is 88.3 Å². The molecule has 1 aliphatic rings. The van der Waals surface area contributed by atoms with Crippen molar-refractivity contribution in [3.8, 4) is 17.0 Å². The van der Waals surface area contributed by atoms with Gasteiger partial charge in [0.2, 0.25) is 0 Å². The Hall–Kier alpha value is -3.77. The highest BCUT2D eigenvalue weighted by Crippen LogP contribution is 2.29. The van der Waals surface area contributed by atoms with Crippen LogP contribution in [0.25, 0.3) is 34.6 Å². The Bertz CT molecular complexity index is 1480. The monoisotopic (exact) mass is 426 g/mol. The zero-order valence-electron chi connectivity index (χ0n) is 17.7. The van der Waals surface area contributed by atoms with E-state index >= 15 is 0 Å². The number of fused-ring (bicyclic) bond motifs is 2. The Balaban J connectivity index is 1.75. The number of benzene rings is 2. The second-order valence-electron chi connectivity index (χ2n) is 8.03. The topological polar surface area (TPSA) is 76.4 Å². The summed E-state index contributed by atoms with van der Waals surface area (Å²) >= 11 is 0. The lowest BCUT2D eigenvalue weighted by Gasteiger charge is -2.12. The number of nitrogens with two attached hydrogens (primary N) is 1. The maximum atomic E-state index is 14.0. The number of aromatic hydroxyl groups is 1. The molecule has 5 rings (SSSR count). The van der Waals surface area contributed by atoms with Crippen molar-refractivity contribution < 1.29 is 9.50 Å². The van der Waals surface area contributed by atoms with Crippen LogP contribution in [0.5, 0.6) is 5.75 Å². The molecule has 6 heteroatoms. The number of rotatable bonds is 3. The van der Waals surface area contributed by atoms with E-state index in [0.29, 0.717) is 16.9 Å². The third-order valence-electron chi connectivity index (χ3n) is 5.72. The van der Waals surface area contributed by atoms with Crippen molar-refractivity contribution in [2.75, 3.05) is 0 Å². The van der Waals surface area contributed by atoms with Crippen molar-refractivity contribution in [2.45, 2.75) is 25.8 Å². The van der Waals surface area contributed by atoms with Crippen molar-refractivity contribution in [1.29, 1.82) is 0 Å². The highest BCUT2D eigenvalue weighted by atomic mass is 19.1. The summed E-state index contributed by atoms with van der Waals surface area (Å²) in [5.74, 6) is -1.08. The number of nitrogens with zero attached hydrogens (tertiary/aromatic N) is 3. The Kier molecular flexibility index (Phi) is 5.07. The summed E-state index contributed by atoms with van der Waals surface area (Å²) in [6.07, 6.45) is 10.3. The fourth-order valence-electron chi connectivity index (χ4n) is 4.05. The highest BCUT2D eigenvalue weighted by molar-refractivity contribution is 5.93. The molecule has 32 heavy (non-hydrogen) atoms. The van der Waals surface area contributed by atoms with Crippen LogP contribution in [0.4, 0.5) is 4.39 Å². The minimum Gasteiger partial charge on any atom is -0.505 e. The van der Waals surface area contributed by atoms with Crippen LogP contribution in [0.3, 0.4) is 0 Å². The van der Waals surface area contributed by atoms with Gasteiger partial charge in [-0.2, -0.15) is 5.10 Å². The van der Waals surface area contributed by atoms with Gasteiger partial charge < -0.3 is 10.8 Å². The van der Waals surface area contributed by atoms with Gasteiger partial charge in [0, 0.05) is 17.2 Å². The van der Waals surface area contributed by atoms with Gasteiger partial charge in [-0.05, 0) is 66.1 Å². The van der Waals surface area contributed by atoms with Crippen LogP contribution in [0.1, 0.15) is 37.1 Å². The van der Waals surface area contributed by atoms with Crippen molar-refractivity contribution >= 4 is 23.4 Å². The summed E-state index contributed by atoms with van der Waals surface area (Å²) in [5, 5.41) is 16.5. The smallest absolute Gasteiger partial charge is 0.165 e. The summed E-state index contributed by atoms with van der Waals surface area (Å²) < 4.78 is 15.8. The highest BCUT2D eigenvalue weighted by Gasteiger charge is 2.17. The van der Waals surface area contributed by atoms with Crippen LogP contribution in [0.2, 0.25) is 0 Å². The van der Waals surface area contributed by atoms with Gasteiger partial charge in [0.15, 0.2) is 17.2 Å². The van der Waals surface area contributed by atoms with Gasteiger partial charge in [-0.15, -0.1) is 0 Å². The van der Waals surface area contributed by atoms with Crippen molar-refractivity contribution in [3.63, 3.8) is 0 Å². The van der Waals surface area contributed by atoms with Gasteiger partial charge in [0.25, 0.3) is 0 Å². The van der Waals surface area contributed by atoms with Gasteiger partial charge >= 0.3 is 0 Å². The van der Waals surface area contributed by atoms with Gasteiger partial charge in [-0.1, -0.05) is 36.4 Å². The van der Waals surface area contributed by atoms with Gasteiger partial charge in [-0.3, -0.25) is 0 Å². The molecule has 3 N–H and O–H groups in total. The van der Waals surface area contributed by atoms with Gasteiger partial charge in [0.05, 0.1) is 17.6 Å². The van der Waals surface area contributed by atoms with Gasteiger partial charge in [0.1, 0.15) is 0 Å². The van der Waals surface area contributed by atoms with E-state index in [1.54, 1.807) is 10.6 Å². The first-order chi connectivity index (χ1) is 15.5. The summed E-state index contributed by atoms with van der Waals surface area (Å²) in [5.41, 5.74) is 10.7. The van der Waals surface area contributed by atoms with Crippen LogP contribution in [0, 0.1) is 5.82 Å². The minimum atomic E-state index is -0.691. The molecule has 4 aromatic rings. The first-order valence-corrected chi connectivity index (χ1v) is 10.6. The van der Waals surface area contributed by atoms with E-state index in [1.807, 2.05) is 31.3 Å². The molecule has 0 saturated carbocycles. The number of phenols is 1. The summed E-state index contributed by atoms with van der Waals surface area (Å²) in [6.45, 7) is 1.88. The lowest BCUT2D eigenvalue weighted by Crippen LogP contribution is -2.24. The quantitative estimate of drug-likeness (QED) is 0.524. The molecule has 160 valence electrons. The number of allylic oxidation sites excluding steroid dienone is 2. The normalized spacial score (nSPS) is 14.5. The van der Waals surface area contributed by atoms with E-state index < -0.39 is 11.6 Å². The van der Waals surface area contributed by atoms with Crippen LogP contribution in [-0.4, -0.2) is 19.7 Å². The molecule has 2 heterocycles. The largest absolute Gasteiger partial charge is 0.505 e. The molecule has 5 nitrogen and oxygen atoms in total. The molecule has 0 spiro atoms. The minimum absolute atomic E-state index is 0.306. The Morgan fingerprint density at radius 3 is 2.62 bits per heavy atom. The maximum absolute atomic E-state index is 14.0. The molecule has 1 unspecified atom stereocenters. The number of phenolic OH excluding ortho intramolecular Hbond substituents is 1.